The standard InChI is InChI=1S/C16H22N2OS/c1-2-20-15-7-5-6-14(13(15)10-17)18-11-16(12-19)8-3-4-9-16/h5-7,18-19H,2-4,8-9,11-12H2,1H3. The van der Waals surface area contributed by atoms with Gasteiger partial charge in [0.1, 0.15) is 6.07 Å². The molecule has 0 spiro atoms. The number of benzene rings is 1. The highest BCUT2D eigenvalue weighted by Gasteiger charge is 2.33. The predicted molar refractivity (Wildman–Crippen MR) is 84.0 cm³/mol. The summed E-state index contributed by atoms with van der Waals surface area (Å²) in [5.41, 5.74) is 1.62. The Hall–Kier alpha value is -1.18. The maximum atomic E-state index is 9.65. The summed E-state index contributed by atoms with van der Waals surface area (Å²) >= 11 is 1.69. The van der Waals surface area contributed by atoms with E-state index in [0.29, 0.717) is 0 Å². The van der Waals surface area contributed by atoms with E-state index < -0.39 is 0 Å². The number of hydrogen-bond donors (Lipinski definition) is 2. The highest BCUT2D eigenvalue weighted by molar-refractivity contribution is 7.99. The van der Waals surface area contributed by atoms with Crippen molar-refractivity contribution in [1.82, 2.24) is 0 Å². The number of nitrogens with one attached hydrogen (secondary N) is 1. The molecule has 0 aromatic heterocycles. The van der Waals surface area contributed by atoms with E-state index in [1.165, 1.54) is 12.8 Å². The zero-order chi connectivity index (χ0) is 14.4. The molecule has 0 aliphatic heterocycles. The van der Waals surface area contributed by atoms with Crippen molar-refractivity contribution in [3.05, 3.63) is 23.8 Å². The minimum Gasteiger partial charge on any atom is -0.396 e. The number of nitrogens with zero attached hydrogens (tertiary/aromatic N) is 1. The fourth-order valence-corrected chi connectivity index (χ4v) is 3.65. The van der Waals surface area contributed by atoms with E-state index in [-0.39, 0.29) is 12.0 Å². The van der Waals surface area contributed by atoms with Crippen LogP contribution >= 0.6 is 11.8 Å². The first kappa shape index (κ1) is 15.2. The van der Waals surface area contributed by atoms with E-state index in [4.69, 9.17) is 0 Å². The molecule has 3 nitrogen and oxygen atoms in total. The van der Waals surface area contributed by atoms with Crippen molar-refractivity contribution in [2.24, 2.45) is 5.41 Å². The first-order chi connectivity index (χ1) is 9.74. The Balaban J connectivity index is 2.13. The van der Waals surface area contributed by atoms with Crippen molar-refractivity contribution in [2.75, 3.05) is 24.2 Å². The number of nitriles is 1. The van der Waals surface area contributed by atoms with Crippen molar-refractivity contribution < 1.29 is 5.11 Å². The predicted octanol–water partition coefficient (Wildman–Crippen LogP) is 3.63. The van der Waals surface area contributed by atoms with Gasteiger partial charge in [-0.15, -0.1) is 11.8 Å². The molecule has 0 atom stereocenters. The summed E-state index contributed by atoms with van der Waals surface area (Å²) in [4.78, 5) is 1.03. The van der Waals surface area contributed by atoms with Gasteiger partial charge in [-0.2, -0.15) is 5.26 Å². The third-order valence-corrected chi connectivity index (χ3v) is 5.03. The maximum Gasteiger partial charge on any atom is 0.102 e. The molecule has 2 N–H and O–H groups in total. The second-order valence-corrected chi connectivity index (χ2v) is 6.75. The van der Waals surface area contributed by atoms with Crippen LogP contribution in [0.25, 0.3) is 0 Å². The average molecular weight is 290 g/mol. The molecule has 108 valence electrons. The van der Waals surface area contributed by atoms with Gasteiger partial charge >= 0.3 is 0 Å². The molecule has 1 fully saturated rings. The summed E-state index contributed by atoms with van der Waals surface area (Å²) in [5, 5.41) is 22.4. The van der Waals surface area contributed by atoms with Gasteiger partial charge < -0.3 is 10.4 Å². The Bertz CT molecular complexity index is 490. The smallest absolute Gasteiger partial charge is 0.102 e. The number of anilines is 1. The molecule has 4 heteroatoms. The molecule has 1 aromatic rings. The van der Waals surface area contributed by atoms with Crippen molar-refractivity contribution in [3.8, 4) is 6.07 Å². The van der Waals surface area contributed by atoms with E-state index in [1.807, 2.05) is 18.2 Å². The molecule has 0 bridgehead atoms. The molecule has 1 aromatic carbocycles. The van der Waals surface area contributed by atoms with Crippen molar-refractivity contribution in [3.63, 3.8) is 0 Å². The largest absolute Gasteiger partial charge is 0.396 e. The van der Waals surface area contributed by atoms with Gasteiger partial charge in [0.2, 0.25) is 0 Å². The van der Waals surface area contributed by atoms with Crippen LogP contribution in [0.1, 0.15) is 38.2 Å². The van der Waals surface area contributed by atoms with Crippen LogP contribution in [0, 0.1) is 16.7 Å². The number of hydrogen-bond acceptors (Lipinski definition) is 4. The Morgan fingerprint density at radius 1 is 1.40 bits per heavy atom. The monoisotopic (exact) mass is 290 g/mol. The summed E-state index contributed by atoms with van der Waals surface area (Å²) in [5.74, 6) is 0.957. The van der Waals surface area contributed by atoms with E-state index >= 15 is 0 Å². The molecule has 0 saturated heterocycles. The van der Waals surface area contributed by atoms with E-state index in [9.17, 15) is 10.4 Å². The lowest BCUT2D eigenvalue weighted by Crippen LogP contribution is -2.30. The van der Waals surface area contributed by atoms with Crippen LogP contribution in [-0.2, 0) is 0 Å². The normalized spacial score (nSPS) is 16.9. The molecule has 1 aliphatic carbocycles. The minimum absolute atomic E-state index is 0.000625. The van der Waals surface area contributed by atoms with Crippen LogP contribution < -0.4 is 5.32 Å². The Labute approximate surface area is 125 Å². The SMILES string of the molecule is CCSc1cccc(NCC2(CO)CCCC2)c1C#N. The van der Waals surface area contributed by atoms with Crippen molar-refractivity contribution >= 4 is 17.4 Å². The topological polar surface area (TPSA) is 56.0 Å². The van der Waals surface area contributed by atoms with Crippen molar-refractivity contribution in [2.45, 2.75) is 37.5 Å². The highest BCUT2D eigenvalue weighted by Crippen LogP contribution is 2.38. The third-order valence-electron chi connectivity index (χ3n) is 4.09. The molecule has 2 rings (SSSR count). The maximum absolute atomic E-state index is 9.65. The van der Waals surface area contributed by atoms with Crippen LogP contribution in [-0.4, -0.2) is 24.0 Å². The molecule has 0 radical (unpaired) electrons. The summed E-state index contributed by atoms with van der Waals surface area (Å²) in [6.45, 7) is 3.06. The lowest BCUT2D eigenvalue weighted by Gasteiger charge is -2.27. The van der Waals surface area contributed by atoms with Gasteiger partial charge in [-0.3, -0.25) is 0 Å². The van der Waals surface area contributed by atoms with E-state index in [0.717, 1.165) is 41.3 Å². The molecule has 0 amide bonds. The zero-order valence-electron chi connectivity index (χ0n) is 12.0. The van der Waals surface area contributed by atoms with Crippen LogP contribution in [0.2, 0.25) is 0 Å². The van der Waals surface area contributed by atoms with Gasteiger partial charge in [-0.1, -0.05) is 25.8 Å². The molecule has 20 heavy (non-hydrogen) atoms. The molecule has 0 unspecified atom stereocenters. The summed E-state index contributed by atoms with van der Waals surface area (Å²) < 4.78 is 0. The minimum atomic E-state index is 0.000625. The van der Waals surface area contributed by atoms with Gasteiger partial charge in [0, 0.05) is 16.9 Å². The lowest BCUT2D eigenvalue weighted by molar-refractivity contribution is 0.142. The average Bonchev–Trinajstić information content (AvgIpc) is 2.95. The van der Waals surface area contributed by atoms with Gasteiger partial charge in [0.25, 0.3) is 0 Å². The molecular weight excluding hydrogens is 268 g/mol. The molecular formula is C16H22N2OS. The number of thioether (sulfide) groups is 1. The van der Waals surface area contributed by atoms with Crippen LogP contribution in [0.15, 0.2) is 23.1 Å². The molecule has 1 aliphatic rings. The Kier molecular flexibility index (Phi) is 5.33. The third kappa shape index (κ3) is 3.28. The van der Waals surface area contributed by atoms with E-state index in [2.05, 4.69) is 18.3 Å². The molecule has 0 heterocycles. The van der Waals surface area contributed by atoms with Gasteiger partial charge in [-0.25, -0.2) is 0 Å². The lowest BCUT2D eigenvalue weighted by atomic mass is 9.87. The van der Waals surface area contributed by atoms with E-state index in [1.54, 1.807) is 11.8 Å². The quantitative estimate of drug-likeness (QED) is 0.785. The Morgan fingerprint density at radius 3 is 2.75 bits per heavy atom. The van der Waals surface area contributed by atoms with Gasteiger partial charge in [0.05, 0.1) is 17.9 Å². The summed E-state index contributed by atoms with van der Waals surface area (Å²) in [7, 11) is 0. The molecule has 1 saturated carbocycles. The van der Waals surface area contributed by atoms with Gasteiger partial charge in [0.15, 0.2) is 0 Å². The Morgan fingerprint density at radius 2 is 2.15 bits per heavy atom. The fourth-order valence-electron chi connectivity index (χ4n) is 2.87. The summed E-state index contributed by atoms with van der Waals surface area (Å²) in [6.07, 6.45) is 4.53. The highest BCUT2D eigenvalue weighted by atomic mass is 32.2. The number of aliphatic hydroxyl groups is 1. The first-order valence-corrected chi connectivity index (χ1v) is 8.24. The zero-order valence-corrected chi connectivity index (χ0v) is 12.8. The second-order valence-electron chi connectivity index (χ2n) is 5.44. The van der Waals surface area contributed by atoms with Crippen LogP contribution in [0.3, 0.4) is 0 Å². The second kappa shape index (κ2) is 7.01. The number of aliphatic hydroxyl groups excluding tert-OH is 1. The van der Waals surface area contributed by atoms with Crippen LogP contribution in [0.4, 0.5) is 5.69 Å². The summed E-state index contributed by atoms with van der Waals surface area (Å²) in [6, 6.07) is 8.25. The van der Waals surface area contributed by atoms with Crippen LogP contribution in [0.5, 0.6) is 0 Å². The van der Waals surface area contributed by atoms with Crippen molar-refractivity contribution in [1.29, 1.82) is 5.26 Å². The number of rotatable bonds is 6. The fraction of sp³-hybridized carbons (Fsp3) is 0.562. The first-order valence-electron chi connectivity index (χ1n) is 7.25. The van der Waals surface area contributed by atoms with Gasteiger partial charge in [-0.05, 0) is 30.7 Å².